The summed E-state index contributed by atoms with van der Waals surface area (Å²) in [6.07, 6.45) is 0. The summed E-state index contributed by atoms with van der Waals surface area (Å²) in [4.78, 5) is 4.44. The molecule has 16 heavy (non-hydrogen) atoms. The minimum absolute atomic E-state index is 0.0979. The van der Waals surface area contributed by atoms with Crippen molar-refractivity contribution >= 4 is 11.3 Å². The van der Waals surface area contributed by atoms with Crippen LogP contribution in [0.1, 0.15) is 33.4 Å². The maximum Gasteiger partial charge on any atom is 0.114 e. The lowest BCUT2D eigenvalue weighted by atomic mass is 10.0. The summed E-state index contributed by atoms with van der Waals surface area (Å²) >= 11 is 1.63. The van der Waals surface area contributed by atoms with Gasteiger partial charge in [-0.05, 0) is 31.9 Å². The van der Waals surface area contributed by atoms with Gasteiger partial charge in [0.1, 0.15) is 5.01 Å². The predicted molar refractivity (Wildman–Crippen MR) is 68.8 cm³/mol. The van der Waals surface area contributed by atoms with Crippen LogP contribution in [-0.4, -0.2) is 4.98 Å². The highest BCUT2D eigenvalue weighted by Crippen LogP contribution is 2.25. The number of rotatable bonds is 2. The molecule has 2 N–H and O–H groups in total. The summed E-state index contributed by atoms with van der Waals surface area (Å²) in [5.74, 6) is 0. The van der Waals surface area contributed by atoms with Crippen LogP contribution in [0.3, 0.4) is 0 Å². The molecule has 0 aliphatic rings. The van der Waals surface area contributed by atoms with E-state index in [1.165, 1.54) is 16.7 Å². The van der Waals surface area contributed by atoms with Crippen molar-refractivity contribution in [2.24, 2.45) is 5.73 Å². The zero-order chi connectivity index (χ0) is 11.7. The van der Waals surface area contributed by atoms with Gasteiger partial charge in [0.05, 0.1) is 6.04 Å². The summed E-state index contributed by atoms with van der Waals surface area (Å²) in [5.41, 5.74) is 10.9. The Hall–Kier alpha value is -1.19. The van der Waals surface area contributed by atoms with Crippen molar-refractivity contribution in [2.45, 2.75) is 26.8 Å². The van der Waals surface area contributed by atoms with Crippen LogP contribution in [0.25, 0.3) is 0 Å². The topological polar surface area (TPSA) is 38.9 Å². The monoisotopic (exact) mass is 232 g/mol. The molecule has 0 aliphatic carbocycles. The highest BCUT2D eigenvalue weighted by molar-refractivity contribution is 7.09. The van der Waals surface area contributed by atoms with E-state index in [1.807, 2.05) is 12.3 Å². The molecule has 2 nitrogen and oxygen atoms in total. The van der Waals surface area contributed by atoms with E-state index in [0.29, 0.717) is 0 Å². The third-order valence-corrected chi connectivity index (χ3v) is 3.71. The average molecular weight is 232 g/mol. The fraction of sp³-hybridized carbons (Fsp3) is 0.308. The molecular formula is C13H16N2S. The highest BCUT2D eigenvalue weighted by atomic mass is 32.1. The molecule has 0 aliphatic heterocycles. The van der Waals surface area contributed by atoms with Gasteiger partial charge in [-0.1, -0.05) is 23.8 Å². The molecule has 1 aromatic heterocycles. The van der Waals surface area contributed by atoms with Crippen LogP contribution in [0.15, 0.2) is 23.6 Å². The SMILES string of the molecule is Cc1ccc(C(N)c2nc(C)cs2)c(C)c1. The Bertz CT molecular complexity index is 502. The smallest absolute Gasteiger partial charge is 0.114 e. The predicted octanol–water partition coefficient (Wildman–Crippen LogP) is 3.12. The highest BCUT2D eigenvalue weighted by Gasteiger charge is 2.14. The van der Waals surface area contributed by atoms with Gasteiger partial charge in [-0.25, -0.2) is 4.98 Å². The first-order valence-electron chi connectivity index (χ1n) is 5.32. The molecule has 0 amide bonds. The van der Waals surface area contributed by atoms with E-state index in [0.717, 1.165) is 10.7 Å². The fourth-order valence-corrected chi connectivity index (χ4v) is 2.64. The first-order valence-corrected chi connectivity index (χ1v) is 6.20. The molecule has 0 saturated carbocycles. The summed E-state index contributed by atoms with van der Waals surface area (Å²) in [6, 6.07) is 6.27. The van der Waals surface area contributed by atoms with Crippen molar-refractivity contribution in [3.63, 3.8) is 0 Å². The molecule has 84 valence electrons. The first kappa shape index (κ1) is 11.3. The van der Waals surface area contributed by atoms with Crippen molar-refractivity contribution in [3.05, 3.63) is 51.0 Å². The van der Waals surface area contributed by atoms with Gasteiger partial charge in [0.2, 0.25) is 0 Å². The second kappa shape index (κ2) is 4.36. The van der Waals surface area contributed by atoms with E-state index >= 15 is 0 Å². The Labute approximate surface area is 100 Å². The Kier molecular flexibility index (Phi) is 3.08. The molecule has 1 unspecified atom stereocenters. The molecule has 2 rings (SSSR count). The van der Waals surface area contributed by atoms with E-state index in [-0.39, 0.29) is 6.04 Å². The van der Waals surface area contributed by atoms with E-state index in [1.54, 1.807) is 11.3 Å². The van der Waals surface area contributed by atoms with Gasteiger partial charge in [0.15, 0.2) is 0 Å². The van der Waals surface area contributed by atoms with Gasteiger partial charge in [0.25, 0.3) is 0 Å². The average Bonchev–Trinajstić information content (AvgIpc) is 2.64. The summed E-state index contributed by atoms with van der Waals surface area (Å²) in [5, 5.41) is 3.03. The number of aryl methyl sites for hydroxylation is 3. The van der Waals surface area contributed by atoms with Crippen molar-refractivity contribution in [2.75, 3.05) is 0 Å². The van der Waals surface area contributed by atoms with Crippen LogP contribution in [0, 0.1) is 20.8 Å². The minimum Gasteiger partial charge on any atom is -0.318 e. The quantitative estimate of drug-likeness (QED) is 0.864. The lowest BCUT2D eigenvalue weighted by Crippen LogP contribution is -2.13. The number of benzene rings is 1. The molecule has 1 atom stereocenters. The Morgan fingerprint density at radius 1 is 1.25 bits per heavy atom. The van der Waals surface area contributed by atoms with Crippen molar-refractivity contribution in [1.82, 2.24) is 4.98 Å². The molecular weight excluding hydrogens is 216 g/mol. The molecule has 1 aromatic carbocycles. The van der Waals surface area contributed by atoms with Crippen molar-refractivity contribution in [1.29, 1.82) is 0 Å². The van der Waals surface area contributed by atoms with Crippen molar-refractivity contribution in [3.8, 4) is 0 Å². The molecule has 2 aromatic rings. The van der Waals surface area contributed by atoms with E-state index in [4.69, 9.17) is 5.73 Å². The fourth-order valence-electron chi connectivity index (χ4n) is 1.82. The lowest BCUT2D eigenvalue weighted by Gasteiger charge is -2.12. The van der Waals surface area contributed by atoms with Crippen LogP contribution in [0.5, 0.6) is 0 Å². The van der Waals surface area contributed by atoms with E-state index in [9.17, 15) is 0 Å². The van der Waals surface area contributed by atoms with E-state index in [2.05, 4.69) is 37.0 Å². The number of thiazole rings is 1. The molecule has 3 heteroatoms. The number of hydrogen-bond donors (Lipinski definition) is 1. The Balaban J connectivity index is 2.37. The second-order valence-corrected chi connectivity index (χ2v) is 5.05. The van der Waals surface area contributed by atoms with Crippen LogP contribution in [0.2, 0.25) is 0 Å². The summed E-state index contributed by atoms with van der Waals surface area (Å²) in [7, 11) is 0. The van der Waals surface area contributed by atoms with Crippen LogP contribution in [-0.2, 0) is 0 Å². The van der Waals surface area contributed by atoms with Crippen LogP contribution < -0.4 is 5.73 Å². The number of nitrogens with zero attached hydrogens (tertiary/aromatic N) is 1. The molecule has 0 spiro atoms. The first-order chi connectivity index (χ1) is 7.58. The molecule has 0 radical (unpaired) electrons. The van der Waals surface area contributed by atoms with Gasteiger partial charge in [-0.15, -0.1) is 11.3 Å². The van der Waals surface area contributed by atoms with Gasteiger partial charge in [-0.3, -0.25) is 0 Å². The third kappa shape index (κ3) is 2.15. The second-order valence-electron chi connectivity index (χ2n) is 4.16. The molecule has 0 saturated heterocycles. The van der Waals surface area contributed by atoms with Gasteiger partial charge in [0, 0.05) is 11.1 Å². The maximum absolute atomic E-state index is 6.23. The maximum atomic E-state index is 6.23. The molecule has 0 bridgehead atoms. The Morgan fingerprint density at radius 3 is 2.56 bits per heavy atom. The minimum atomic E-state index is -0.0979. The zero-order valence-electron chi connectivity index (χ0n) is 9.82. The third-order valence-electron chi connectivity index (χ3n) is 2.66. The van der Waals surface area contributed by atoms with Gasteiger partial charge >= 0.3 is 0 Å². The molecule has 1 heterocycles. The largest absolute Gasteiger partial charge is 0.318 e. The number of nitrogens with two attached hydrogens (primary N) is 1. The van der Waals surface area contributed by atoms with Gasteiger partial charge in [-0.2, -0.15) is 0 Å². The molecule has 0 fully saturated rings. The standard InChI is InChI=1S/C13H16N2S/c1-8-4-5-11(9(2)6-8)12(14)13-15-10(3)7-16-13/h4-7,12H,14H2,1-3H3. The normalized spacial score (nSPS) is 12.8. The lowest BCUT2D eigenvalue weighted by molar-refractivity contribution is 0.843. The Morgan fingerprint density at radius 2 is 2.00 bits per heavy atom. The van der Waals surface area contributed by atoms with Crippen molar-refractivity contribution < 1.29 is 0 Å². The van der Waals surface area contributed by atoms with Crippen LogP contribution in [0.4, 0.5) is 0 Å². The van der Waals surface area contributed by atoms with E-state index < -0.39 is 0 Å². The summed E-state index contributed by atoms with van der Waals surface area (Å²) in [6.45, 7) is 6.19. The number of aromatic nitrogens is 1. The van der Waals surface area contributed by atoms with Gasteiger partial charge < -0.3 is 5.73 Å². The van der Waals surface area contributed by atoms with Crippen LogP contribution >= 0.6 is 11.3 Å². The summed E-state index contributed by atoms with van der Waals surface area (Å²) < 4.78 is 0. The zero-order valence-corrected chi connectivity index (χ0v) is 10.6. The number of hydrogen-bond acceptors (Lipinski definition) is 3.